The smallest absolute Gasteiger partial charge is 0.146 e. The third kappa shape index (κ3) is 4.18. The predicted octanol–water partition coefficient (Wildman–Crippen LogP) is 4.65. The molecule has 5 aromatic rings. The third-order valence-corrected chi connectivity index (χ3v) is 7.46. The van der Waals surface area contributed by atoms with E-state index in [1.807, 2.05) is 0 Å². The number of piperidine rings is 1. The van der Waals surface area contributed by atoms with Crippen LogP contribution in [0.3, 0.4) is 0 Å². The van der Waals surface area contributed by atoms with Crippen molar-refractivity contribution in [2.75, 3.05) is 25.0 Å². The molecule has 0 aliphatic carbocycles. The van der Waals surface area contributed by atoms with E-state index in [0.29, 0.717) is 0 Å². The maximum atomic E-state index is 9.67. The summed E-state index contributed by atoms with van der Waals surface area (Å²) in [5.74, 6) is 1.06. The molecule has 0 bridgehead atoms. The van der Waals surface area contributed by atoms with Crippen LogP contribution in [0.15, 0.2) is 110 Å². The molecule has 37 heavy (non-hydrogen) atoms. The fraction of sp³-hybridized carbons (Fsp3) is 0.226. The van der Waals surface area contributed by atoms with E-state index in [2.05, 4.69) is 123 Å². The SMILES string of the molecule is OC[C@H]1CNC[C@@H](Nc2ncnc3c2ccn3C(c2ccccc2)(c2ccccc2)c2ccccc2)C1. The average molecular weight is 490 g/mol. The molecule has 3 heterocycles. The maximum Gasteiger partial charge on any atom is 0.146 e. The number of aliphatic hydroxyl groups excluding tert-OH is 1. The van der Waals surface area contributed by atoms with Crippen LogP contribution < -0.4 is 10.6 Å². The van der Waals surface area contributed by atoms with E-state index in [0.717, 1.165) is 53.1 Å². The van der Waals surface area contributed by atoms with Crippen LogP contribution in [0.5, 0.6) is 0 Å². The van der Waals surface area contributed by atoms with Crippen molar-refractivity contribution in [3.05, 3.63) is 126 Å². The predicted molar refractivity (Wildman–Crippen MR) is 148 cm³/mol. The zero-order valence-corrected chi connectivity index (χ0v) is 20.7. The number of benzene rings is 3. The van der Waals surface area contributed by atoms with Crippen molar-refractivity contribution >= 4 is 16.9 Å². The summed E-state index contributed by atoms with van der Waals surface area (Å²) < 4.78 is 2.28. The third-order valence-electron chi connectivity index (χ3n) is 7.46. The van der Waals surface area contributed by atoms with E-state index in [-0.39, 0.29) is 18.6 Å². The molecule has 1 fully saturated rings. The zero-order valence-electron chi connectivity index (χ0n) is 20.7. The summed E-state index contributed by atoms with van der Waals surface area (Å²) in [7, 11) is 0. The quantitative estimate of drug-likeness (QED) is 0.290. The second kappa shape index (κ2) is 10.2. The molecule has 0 spiro atoms. The summed E-state index contributed by atoms with van der Waals surface area (Å²) in [4.78, 5) is 9.46. The Morgan fingerprint density at radius 3 is 1.97 bits per heavy atom. The van der Waals surface area contributed by atoms with E-state index in [1.54, 1.807) is 6.33 Å². The van der Waals surface area contributed by atoms with Gasteiger partial charge in [0.05, 0.1) is 5.39 Å². The normalized spacial score (nSPS) is 18.1. The van der Waals surface area contributed by atoms with E-state index in [9.17, 15) is 5.11 Å². The molecule has 186 valence electrons. The van der Waals surface area contributed by atoms with Crippen molar-refractivity contribution in [1.29, 1.82) is 0 Å². The molecule has 1 aliphatic heterocycles. The largest absolute Gasteiger partial charge is 0.396 e. The number of fused-ring (bicyclic) bond motifs is 1. The number of aliphatic hydroxyl groups is 1. The van der Waals surface area contributed by atoms with E-state index in [4.69, 9.17) is 4.98 Å². The Morgan fingerprint density at radius 1 is 0.811 bits per heavy atom. The lowest BCUT2D eigenvalue weighted by Crippen LogP contribution is -2.44. The molecule has 2 aromatic heterocycles. The minimum Gasteiger partial charge on any atom is -0.396 e. The van der Waals surface area contributed by atoms with Crippen LogP contribution in [0.2, 0.25) is 0 Å². The summed E-state index contributed by atoms with van der Waals surface area (Å²) in [6.45, 7) is 1.87. The maximum absolute atomic E-state index is 9.67. The number of nitrogens with one attached hydrogen (secondary N) is 2. The van der Waals surface area contributed by atoms with Gasteiger partial charge in [0.1, 0.15) is 23.3 Å². The lowest BCUT2D eigenvalue weighted by Gasteiger charge is -2.38. The molecular weight excluding hydrogens is 458 g/mol. The molecule has 0 unspecified atom stereocenters. The number of nitrogens with zero attached hydrogens (tertiary/aromatic N) is 3. The Hall–Kier alpha value is -4.00. The molecule has 6 nitrogen and oxygen atoms in total. The van der Waals surface area contributed by atoms with Gasteiger partial charge in [0.15, 0.2) is 0 Å². The number of aromatic nitrogens is 3. The first kappa shape index (κ1) is 23.4. The van der Waals surface area contributed by atoms with E-state index in [1.165, 1.54) is 0 Å². The molecular formula is C31H31N5O. The number of hydrogen-bond donors (Lipinski definition) is 3. The molecule has 3 N–H and O–H groups in total. The highest BCUT2D eigenvalue weighted by Gasteiger charge is 2.39. The Kier molecular flexibility index (Phi) is 6.43. The monoisotopic (exact) mass is 489 g/mol. The van der Waals surface area contributed by atoms with Gasteiger partial charge in [0.25, 0.3) is 0 Å². The number of rotatable bonds is 7. The molecule has 0 saturated carbocycles. The lowest BCUT2D eigenvalue weighted by atomic mass is 9.76. The van der Waals surface area contributed by atoms with Crippen molar-refractivity contribution in [3.63, 3.8) is 0 Å². The highest BCUT2D eigenvalue weighted by molar-refractivity contribution is 5.88. The summed E-state index contributed by atoms with van der Waals surface area (Å²) >= 11 is 0. The molecule has 1 aliphatic rings. The van der Waals surface area contributed by atoms with Gasteiger partial charge in [0.2, 0.25) is 0 Å². The minimum absolute atomic E-state index is 0.189. The first-order valence-electron chi connectivity index (χ1n) is 12.9. The van der Waals surface area contributed by atoms with Gasteiger partial charge in [0, 0.05) is 31.9 Å². The first-order chi connectivity index (χ1) is 18.3. The van der Waals surface area contributed by atoms with Gasteiger partial charge in [-0.25, -0.2) is 9.97 Å². The fourth-order valence-electron chi connectivity index (χ4n) is 5.77. The number of hydrogen-bond acceptors (Lipinski definition) is 5. The van der Waals surface area contributed by atoms with Crippen molar-refractivity contribution in [1.82, 2.24) is 19.9 Å². The van der Waals surface area contributed by atoms with Gasteiger partial charge in [-0.1, -0.05) is 91.0 Å². The standard InChI is InChI=1S/C31H31N5O/c37-21-23-18-27(20-32-19-23)35-29-28-16-17-36(30(28)34-22-33-29)31(24-10-4-1-5-11-24,25-12-6-2-7-13-25)26-14-8-3-9-15-26/h1-17,22-23,27,32,37H,18-21H2,(H,33,34,35)/t23-,27+/m1/s1. The van der Waals surface area contributed by atoms with Gasteiger partial charge >= 0.3 is 0 Å². The zero-order chi connectivity index (χ0) is 25.1. The minimum atomic E-state index is -0.633. The van der Waals surface area contributed by atoms with Crippen LogP contribution in [0.25, 0.3) is 11.0 Å². The lowest BCUT2D eigenvalue weighted by molar-refractivity contribution is 0.194. The second-order valence-corrected chi connectivity index (χ2v) is 9.74. The van der Waals surface area contributed by atoms with Crippen LogP contribution in [-0.2, 0) is 5.54 Å². The molecule has 3 aromatic carbocycles. The van der Waals surface area contributed by atoms with Crippen molar-refractivity contribution in [2.45, 2.75) is 18.0 Å². The highest BCUT2D eigenvalue weighted by atomic mass is 16.3. The van der Waals surface area contributed by atoms with Gasteiger partial charge in [-0.3, -0.25) is 0 Å². The van der Waals surface area contributed by atoms with Crippen molar-refractivity contribution in [2.24, 2.45) is 5.92 Å². The molecule has 6 rings (SSSR count). The summed E-state index contributed by atoms with van der Waals surface area (Å²) in [6, 6.07) is 34.2. The summed E-state index contributed by atoms with van der Waals surface area (Å²) in [6.07, 6.45) is 4.68. The fourth-order valence-corrected chi connectivity index (χ4v) is 5.77. The molecule has 1 saturated heterocycles. The first-order valence-corrected chi connectivity index (χ1v) is 12.9. The summed E-state index contributed by atoms with van der Waals surface area (Å²) in [5, 5.41) is 17.7. The average Bonchev–Trinajstić information content (AvgIpc) is 3.41. The van der Waals surface area contributed by atoms with Gasteiger partial charge in [-0.15, -0.1) is 0 Å². The van der Waals surface area contributed by atoms with Crippen LogP contribution in [0.1, 0.15) is 23.1 Å². The van der Waals surface area contributed by atoms with Crippen LogP contribution >= 0.6 is 0 Å². The van der Waals surface area contributed by atoms with Crippen LogP contribution in [0, 0.1) is 5.92 Å². The Balaban J connectivity index is 1.56. The van der Waals surface area contributed by atoms with Crippen LogP contribution in [0.4, 0.5) is 5.82 Å². The van der Waals surface area contributed by atoms with Crippen LogP contribution in [-0.4, -0.2) is 45.4 Å². The second-order valence-electron chi connectivity index (χ2n) is 9.74. The topological polar surface area (TPSA) is 75.0 Å². The van der Waals surface area contributed by atoms with Crippen molar-refractivity contribution < 1.29 is 5.11 Å². The number of anilines is 1. The molecule has 6 heteroatoms. The van der Waals surface area contributed by atoms with Gasteiger partial charge in [-0.05, 0) is 35.1 Å². The van der Waals surface area contributed by atoms with E-state index < -0.39 is 5.54 Å². The van der Waals surface area contributed by atoms with Crippen molar-refractivity contribution in [3.8, 4) is 0 Å². The Labute approximate surface area is 217 Å². The Bertz CT molecular complexity index is 1360. The molecule has 2 atom stereocenters. The molecule has 0 radical (unpaired) electrons. The summed E-state index contributed by atoms with van der Waals surface area (Å²) in [5.41, 5.74) is 3.68. The van der Waals surface area contributed by atoms with Gasteiger partial charge < -0.3 is 20.3 Å². The highest BCUT2D eigenvalue weighted by Crippen LogP contribution is 2.43. The van der Waals surface area contributed by atoms with Gasteiger partial charge in [-0.2, -0.15) is 0 Å². The van der Waals surface area contributed by atoms with E-state index >= 15 is 0 Å². The molecule has 0 amide bonds. The Morgan fingerprint density at radius 2 is 1.41 bits per heavy atom.